The van der Waals surface area contributed by atoms with Crippen molar-refractivity contribution < 1.29 is 14.3 Å². The Morgan fingerprint density at radius 2 is 2.31 bits per heavy atom. The molecule has 2 rings (SSSR count). The van der Waals surface area contributed by atoms with E-state index in [2.05, 4.69) is 0 Å². The highest BCUT2D eigenvalue weighted by molar-refractivity contribution is 6.31. The highest BCUT2D eigenvalue weighted by atomic mass is 35.5. The fourth-order valence-electron chi connectivity index (χ4n) is 1.52. The van der Waals surface area contributed by atoms with E-state index in [0.717, 1.165) is 0 Å². The third-order valence-electron chi connectivity index (χ3n) is 2.48. The van der Waals surface area contributed by atoms with Crippen molar-refractivity contribution in [2.24, 2.45) is 0 Å². The second-order valence-corrected chi connectivity index (χ2v) is 4.25. The molecule has 1 unspecified atom stereocenters. The lowest BCUT2D eigenvalue weighted by atomic mass is 10.1. The van der Waals surface area contributed by atoms with Crippen molar-refractivity contribution >= 4 is 17.4 Å². The molecule has 0 aliphatic carbocycles. The fraction of sp³-hybridized carbons (Fsp3) is 0.417. The molecule has 0 N–H and O–H groups in total. The zero-order chi connectivity index (χ0) is 11.5. The van der Waals surface area contributed by atoms with Gasteiger partial charge in [0.1, 0.15) is 12.2 Å². The molecule has 0 amide bonds. The first-order valence-corrected chi connectivity index (χ1v) is 5.57. The van der Waals surface area contributed by atoms with E-state index in [-0.39, 0.29) is 11.9 Å². The molecule has 1 fully saturated rings. The summed E-state index contributed by atoms with van der Waals surface area (Å²) in [6.07, 6.45) is -0.398. The number of hydrogen-bond acceptors (Lipinski definition) is 3. The minimum atomic E-state index is -0.452. The van der Waals surface area contributed by atoms with Gasteiger partial charge >= 0.3 is 0 Å². The molecule has 1 aliphatic heterocycles. The molecule has 1 saturated heterocycles. The molecule has 0 saturated carbocycles. The smallest absolute Gasteiger partial charge is 0.191 e. The highest BCUT2D eigenvalue weighted by Gasteiger charge is 2.25. The largest absolute Gasteiger partial charge is 0.376 e. The van der Waals surface area contributed by atoms with Crippen LogP contribution >= 0.6 is 11.6 Å². The van der Waals surface area contributed by atoms with E-state index in [1.54, 1.807) is 31.2 Å². The zero-order valence-corrected chi connectivity index (χ0v) is 9.74. The molecule has 3 nitrogen and oxygen atoms in total. The quantitative estimate of drug-likeness (QED) is 0.758. The van der Waals surface area contributed by atoms with Gasteiger partial charge in [0.05, 0.1) is 13.2 Å². The van der Waals surface area contributed by atoms with Gasteiger partial charge in [-0.1, -0.05) is 23.7 Å². The second kappa shape index (κ2) is 4.95. The Bertz CT molecular complexity index is 388. The summed E-state index contributed by atoms with van der Waals surface area (Å²) >= 11 is 5.82. The van der Waals surface area contributed by atoms with Crippen LogP contribution in [0.4, 0.5) is 0 Å². The number of Topliss-reactive ketones (excluding diaryl/α,β-unsaturated/α-hetero) is 1. The lowest BCUT2D eigenvalue weighted by Gasteiger charge is -2.28. The number of carbonyl (C=O) groups is 1. The monoisotopic (exact) mass is 240 g/mol. The predicted molar refractivity (Wildman–Crippen MR) is 60.9 cm³/mol. The number of carbonyl (C=O) groups excluding carboxylic acids is 1. The maximum Gasteiger partial charge on any atom is 0.191 e. The summed E-state index contributed by atoms with van der Waals surface area (Å²) < 4.78 is 10.5. The molecular formula is C12H13ClO3. The molecule has 0 aromatic heterocycles. The summed E-state index contributed by atoms with van der Waals surface area (Å²) in [5, 5.41) is 0.560. The minimum Gasteiger partial charge on any atom is -0.376 e. The number of ether oxygens (including phenoxy) is 2. The van der Waals surface area contributed by atoms with Gasteiger partial charge in [0, 0.05) is 10.6 Å². The van der Waals surface area contributed by atoms with Gasteiger partial charge in [-0.15, -0.1) is 0 Å². The zero-order valence-electron chi connectivity index (χ0n) is 8.98. The maximum absolute atomic E-state index is 11.9. The Hall–Kier alpha value is -0.900. The summed E-state index contributed by atoms with van der Waals surface area (Å²) in [6.45, 7) is 2.90. The Morgan fingerprint density at radius 3 is 2.88 bits per heavy atom. The molecule has 1 atom stereocenters. The van der Waals surface area contributed by atoms with Crippen LogP contribution in [0.25, 0.3) is 0 Å². The van der Waals surface area contributed by atoms with E-state index in [4.69, 9.17) is 21.1 Å². The SMILES string of the molecule is CC(OC1COC1)C(=O)c1cccc(Cl)c1. The molecule has 1 aromatic carbocycles. The molecule has 0 radical (unpaired) electrons. The molecule has 86 valence electrons. The van der Waals surface area contributed by atoms with Crippen molar-refractivity contribution in [3.05, 3.63) is 34.9 Å². The second-order valence-electron chi connectivity index (χ2n) is 3.81. The van der Waals surface area contributed by atoms with Gasteiger partial charge < -0.3 is 9.47 Å². The maximum atomic E-state index is 11.9. The molecule has 16 heavy (non-hydrogen) atoms. The molecule has 4 heteroatoms. The van der Waals surface area contributed by atoms with Crippen molar-refractivity contribution in [3.8, 4) is 0 Å². The van der Waals surface area contributed by atoms with Crippen molar-refractivity contribution in [2.45, 2.75) is 19.1 Å². The molecular weight excluding hydrogens is 228 g/mol. The fourth-order valence-corrected chi connectivity index (χ4v) is 1.71. The van der Waals surface area contributed by atoms with Crippen LogP contribution in [-0.2, 0) is 9.47 Å². The molecule has 1 heterocycles. The van der Waals surface area contributed by atoms with Crippen LogP contribution in [0.5, 0.6) is 0 Å². The van der Waals surface area contributed by atoms with E-state index < -0.39 is 6.10 Å². The van der Waals surface area contributed by atoms with E-state index in [0.29, 0.717) is 23.8 Å². The Morgan fingerprint density at radius 1 is 1.56 bits per heavy atom. The summed E-state index contributed by atoms with van der Waals surface area (Å²) in [5.74, 6) is -0.0469. The lowest BCUT2D eigenvalue weighted by molar-refractivity contribution is -0.141. The summed E-state index contributed by atoms with van der Waals surface area (Å²) in [4.78, 5) is 11.9. The van der Waals surface area contributed by atoms with Gasteiger partial charge in [0.25, 0.3) is 0 Å². The minimum absolute atomic E-state index is 0.0469. The van der Waals surface area contributed by atoms with Crippen molar-refractivity contribution in [2.75, 3.05) is 13.2 Å². The topological polar surface area (TPSA) is 35.5 Å². The average molecular weight is 241 g/mol. The van der Waals surface area contributed by atoms with Crippen LogP contribution in [0.2, 0.25) is 5.02 Å². The predicted octanol–water partition coefficient (Wildman–Crippen LogP) is 2.33. The van der Waals surface area contributed by atoms with Crippen molar-refractivity contribution in [1.29, 1.82) is 0 Å². The van der Waals surface area contributed by atoms with Gasteiger partial charge in [-0.25, -0.2) is 0 Å². The number of ketones is 1. The van der Waals surface area contributed by atoms with Crippen LogP contribution in [-0.4, -0.2) is 31.2 Å². The molecule has 1 aromatic rings. The standard InChI is InChI=1S/C12H13ClO3/c1-8(16-11-6-15-7-11)12(14)9-3-2-4-10(13)5-9/h2-5,8,11H,6-7H2,1H3. The van der Waals surface area contributed by atoms with E-state index in [9.17, 15) is 4.79 Å². The number of hydrogen-bond donors (Lipinski definition) is 0. The number of halogens is 1. The van der Waals surface area contributed by atoms with Crippen LogP contribution in [0.3, 0.4) is 0 Å². The van der Waals surface area contributed by atoms with E-state index in [1.165, 1.54) is 0 Å². The normalized spacial score (nSPS) is 17.9. The van der Waals surface area contributed by atoms with Crippen LogP contribution in [0.15, 0.2) is 24.3 Å². The molecule has 1 aliphatic rings. The van der Waals surface area contributed by atoms with Crippen LogP contribution in [0, 0.1) is 0 Å². The highest BCUT2D eigenvalue weighted by Crippen LogP contribution is 2.15. The summed E-state index contributed by atoms with van der Waals surface area (Å²) in [5.41, 5.74) is 0.584. The van der Waals surface area contributed by atoms with Gasteiger partial charge in [0.2, 0.25) is 0 Å². The van der Waals surface area contributed by atoms with Crippen LogP contribution < -0.4 is 0 Å². The Balaban J connectivity index is 2.00. The number of rotatable bonds is 4. The summed E-state index contributed by atoms with van der Waals surface area (Å²) in [6, 6.07) is 6.89. The third-order valence-corrected chi connectivity index (χ3v) is 2.72. The average Bonchev–Trinajstić information content (AvgIpc) is 2.22. The van der Waals surface area contributed by atoms with Crippen molar-refractivity contribution in [1.82, 2.24) is 0 Å². The van der Waals surface area contributed by atoms with E-state index >= 15 is 0 Å². The number of benzene rings is 1. The lowest BCUT2D eigenvalue weighted by Crippen LogP contribution is -2.40. The van der Waals surface area contributed by atoms with Crippen LogP contribution in [0.1, 0.15) is 17.3 Å². The van der Waals surface area contributed by atoms with E-state index in [1.807, 2.05) is 0 Å². The summed E-state index contributed by atoms with van der Waals surface area (Å²) in [7, 11) is 0. The molecule has 0 spiro atoms. The van der Waals surface area contributed by atoms with Gasteiger partial charge in [-0.05, 0) is 19.1 Å². The Kier molecular flexibility index (Phi) is 3.59. The first-order chi connectivity index (χ1) is 7.66. The first kappa shape index (κ1) is 11.6. The first-order valence-electron chi connectivity index (χ1n) is 5.20. The van der Waals surface area contributed by atoms with Gasteiger partial charge in [-0.2, -0.15) is 0 Å². The Labute approximate surface area is 99.3 Å². The van der Waals surface area contributed by atoms with Crippen molar-refractivity contribution in [3.63, 3.8) is 0 Å². The van der Waals surface area contributed by atoms with Gasteiger partial charge in [0.15, 0.2) is 5.78 Å². The third kappa shape index (κ3) is 2.61. The molecule has 0 bridgehead atoms. The van der Waals surface area contributed by atoms with Gasteiger partial charge in [-0.3, -0.25) is 4.79 Å².